The molecular weight excluding hydrogens is 568 g/mol. The van der Waals surface area contributed by atoms with Crippen LogP contribution in [-0.4, -0.2) is 66.0 Å². The Balaban J connectivity index is 1.58. The number of nitro groups is 1. The Morgan fingerprint density at radius 2 is 1.66 bits per heavy atom. The molecular formula is C28H28N4O7S2. The van der Waals surface area contributed by atoms with Crippen LogP contribution < -0.4 is 0 Å². The second kappa shape index (κ2) is 10.8. The van der Waals surface area contributed by atoms with E-state index in [9.17, 15) is 31.7 Å². The molecule has 0 radical (unpaired) electrons. The molecule has 2 aromatic heterocycles. The molecule has 4 aromatic rings. The molecule has 11 nitrogen and oxygen atoms in total. The number of hydrogen-bond acceptors (Lipinski definition) is 9. The standard InChI is InChI=1S/C28H28N4O7S2/c1-19(33)27-24-16-25(21-10-8-20(9-11-21)18-30-14-12-22(13-15-30)40(2,36)37)31(28(24)29-17-26(27)32(34)35)41(38,39)23-6-4-3-5-7-23/h3-11,16-17,22H,12-15,18H2,1-2H3. The van der Waals surface area contributed by atoms with Crippen LogP contribution in [0.15, 0.2) is 71.8 Å². The largest absolute Gasteiger partial charge is 0.299 e. The molecule has 1 saturated heterocycles. The molecule has 0 atom stereocenters. The number of ketones is 1. The number of sulfone groups is 1. The van der Waals surface area contributed by atoms with E-state index in [1.54, 1.807) is 30.3 Å². The minimum atomic E-state index is -4.21. The van der Waals surface area contributed by atoms with Crippen LogP contribution in [-0.2, 0) is 26.4 Å². The number of carbonyl (C=O) groups is 1. The molecule has 2 aromatic carbocycles. The Kier molecular flexibility index (Phi) is 7.53. The average Bonchev–Trinajstić information content (AvgIpc) is 3.33. The van der Waals surface area contributed by atoms with Crippen LogP contribution in [0.4, 0.5) is 5.69 Å². The van der Waals surface area contributed by atoms with Gasteiger partial charge in [-0.15, -0.1) is 0 Å². The smallest absolute Gasteiger partial charge is 0.299 e. The molecule has 5 rings (SSSR count). The lowest BCUT2D eigenvalue weighted by Crippen LogP contribution is -2.38. The Hall–Kier alpha value is -3.94. The van der Waals surface area contributed by atoms with Gasteiger partial charge >= 0.3 is 0 Å². The van der Waals surface area contributed by atoms with Gasteiger partial charge in [-0.25, -0.2) is 25.8 Å². The summed E-state index contributed by atoms with van der Waals surface area (Å²) in [5.74, 6) is -0.583. The summed E-state index contributed by atoms with van der Waals surface area (Å²) >= 11 is 0. The summed E-state index contributed by atoms with van der Waals surface area (Å²) in [5, 5.41) is 11.4. The monoisotopic (exact) mass is 596 g/mol. The number of carbonyl (C=O) groups excluding carboxylic acids is 1. The van der Waals surface area contributed by atoms with E-state index in [0.717, 1.165) is 15.7 Å². The molecule has 0 amide bonds. The number of benzene rings is 2. The lowest BCUT2D eigenvalue weighted by Gasteiger charge is -2.31. The van der Waals surface area contributed by atoms with Crippen LogP contribution in [0, 0.1) is 10.1 Å². The van der Waals surface area contributed by atoms with Gasteiger partial charge in [0.05, 0.1) is 20.8 Å². The van der Waals surface area contributed by atoms with Crippen LogP contribution in [0.25, 0.3) is 22.3 Å². The van der Waals surface area contributed by atoms with E-state index in [0.29, 0.717) is 38.0 Å². The van der Waals surface area contributed by atoms with Crippen LogP contribution in [0.1, 0.15) is 35.7 Å². The fourth-order valence-electron chi connectivity index (χ4n) is 5.30. The van der Waals surface area contributed by atoms with E-state index in [4.69, 9.17) is 0 Å². The van der Waals surface area contributed by atoms with E-state index in [-0.39, 0.29) is 32.4 Å². The second-order valence-electron chi connectivity index (χ2n) is 10.2. The van der Waals surface area contributed by atoms with E-state index in [1.165, 1.54) is 31.4 Å². The Bertz CT molecular complexity index is 1860. The molecule has 0 unspecified atom stereocenters. The normalized spacial score (nSPS) is 15.3. The summed E-state index contributed by atoms with van der Waals surface area (Å²) in [6, 6.07) is 16.4. The third-order valence-electron chi connectivity index (χ3n) is 7.39. The maximum Gasteiger partial charge on any atom is 0.299 e. The van der Waals surface area contributed by atoms with Gasteiger partial charge in [0.25, 0.3) is 15.7 Å². The number of piperidine rings is 1. The highest BCUT2D eigenvalue weighted by molar-refractivity contribution is 7.91. The van der Waals surface area contributed by atoms with Gasteiger partial charge in [0.2, 0.25) is 0 Å². The lowest BCUT2D eigenvalue weighted by atomic mass is 10.0. The zero-order valence-corrected chi connectivity index (χ0v) is 24.1. The van der Waals surface area contributed by atoms with Crippen molar-refractivity contribution in [2.24, 2.45) is 0 Å². The van der Waals surface area contributed by atoms with Crippen molar-refractivity contribution in [3.05, 3.63) is 88.1 Å². The zero-order chi connectivity index (χ0) is 29.5. The van der Waals surface area contributed by atoms with Crippen molar-refractivity contribution in [1.29, 1.82) is 0 Å². The summed E-state index contributed by atoms with van der Waals surface area (Å²) < 4.78 is 52.5. The first kappa shape index (κ1) is 28.6. The molecule has 0 bridgehead atoms. The van der Waals surface area contributed by atoms with E-state index < -0.39 is 36.3 Å². The van der Waals surface area contributed by atoms with Crippen molar-refractivity contribution in [3.63, 3.8) is 0 Å². The van der Waals surface area contributed by atoms with Gasteiger partial charge in [-0.05, 0) is 62.2 Å². The van der Waals surface area contributed by atoms with Crippen LogP contribution in [0.2, 0.25) is 0 Å². The molecule has 1 aliphatic rings. The van der Waals surface area contributed by atoms with Crippen LogP contribution in [0.3, 0.4) is 0 Å². The van der Waals surface area contributed by atoms with Gasteiger partial charge in [0, 0.05) is 18.2 Å². The minimum Gasteiger partial charge on any atom is -0.299 e. The molecule has 0 N–H and O–H groups in total. The number of nitrogens with zero attached hydrogens (tertiary/aromatic N) is 4. The topological polar surface area (TPSA) is 150 Å². The van der Waals surface area contributed by atoms with Gasteiger partial charge in [-0.1, -0.05) is 42.5 Å². The second-order valence-corrected chi connectivity index (χ2v) is 14.3. The highest BCUT2D eigenvalue weighted by atomic mass is 32.2. The highest BCUT2D eigenvalue weighted by Gasteiger charge is 2.30. The van der Waals surface area contributed by atoms with E-state index in [2.05, 4.69) is 9.88 Å². The summed E-state index contributed by atoms with van der Waals surface area (Å²) in [7, 11) is -7.27. The van der Waals surface area contributed by atoms with Crippen molar-refractivity contribution >= 4 is 42.4 Å². The highest BCUT2D eigenvalue weighted by Crippen LogP contribution is 2.36. The van der Waals surface area contributed by atoms with Crippen LogP contribution in [0.5, 0.6) is 0 Å². The van der Waals surface area contributed by atoms with Gasteiger partial charge in [-0.2, -0.15) is 0 Å². The predicted octanol–water partition coefficient (Wildman–Crippen LogP) is 4.06. The molecule has 214 valence electrons. The van der Waals surface area contributed by atoms with Gasteiger partial charge in [0.1, 0.15) is 21.6 Å². The number of hydrogen-bond donors (Lipinski definition) is 0. The molecule has 13 heteroatoms. The number of rotatable bonds is 8. The first-order valence-corrected chi connectivity index (χ1v) is 16.3. The summed E-state index contributed by atoms with van der Waals surface area (Å²) in [5.41, 5.74) is 0.882. The minimum absolute atomic E-state index is 0.00241. The Morgan fingerprint density at radius 3 is 2.22 bits per heavy atom. The number of pyridine rings is 1. The van der Waals surface area contributed by atoms with E-state index >= 15 is 0 Å². The first-order chi connectivity index (χ1) is 19.4. The van der Waals surface area contributed by atoms with Crippen molar-refractivity contribution in [2.75, 3.05) is 19.3 Å². The van der Waals surface area contributed by atoms with Gasteiger partial charge < -0.3 is 0 Å². The van der Waals surface area contributed by atoms with E-state index in [1.807, 2.05) is 12.1 Å². The van der Waals surface area contributed by atoms with Crippen LogP contribution >= 0.6 is 0 Å². The van der Waals surface area contributed by atoms with Crippen molar-refractivity contribution in [2.45, 2.75) is 36.5 Å². The number of likely N-dealkylation sites (tertiary alicyclic amines) is 1. The predicted molar refractivity (Wildman–Crippen MR) is 154 cm³/mol. The van der Waals surface area contributed by atoms with Crippen molar-refractivity contribution in [3.8, 4) is 11.3 Å². The SMILES string of the molecule is CC(=O)c1c([N+](=O)[O-])cnc2c1cc(-c1ccc(CN3CCC(S(C)(=O)=O)CC3)cc1)n2S(=O)(=O)c1ccccc1. The molecule has 0 aliphatic carbocycles. The number of fused-ring (bicyclic) bond motifs is 1. The van der Waals surface area contributed by atoms with Gasteiger partial charge in [0.15, 0.2) is 11.4 Å². The maximum atomic E-state index is 13.9. The summed E-state index contributed by atoms with van der Waals surface area (Å²) in [6.07, 6.45) is 3.34. The third kappa shape index (κ3) is 5.52. The summed E-state index contributed by atoms with van der Waals surface area (Å²) in [6.45, 7) is 3.10. The molecule has 0 spiro atoms. The average molecular weight is 597 g/mol. The molecule has 1 aliphatic heterocycles. The molecule has 3 heterocycles. The number of aromatic nitrogens is 2. The van der Waals surface area contributed by atoms with Crippen molar-refractivity contribution < 1.29 is 26.6 Å². The lowest BCUT2D eigenvalue weighted by molar-refractivity contribution is -0.385. The third-order valence-corrected chi connectivity index (χ3v) is 10.8. The maximum absolute atomic E-state index is 13.9. The number of Topliss-reactive ketones (excluding diaryl/α,β-unsaturated/α-hetero) is 1. The zero-order valence-electron chi connectivity index (χ0n) is 22.4. The molecule has 0 saturated carbocycles. The Morgan fingerprint density at radius 1 is 1.02 bits per heavy atom. The Labute approximate surface area is 237 Å². The summed E-state index contributed by atoms with van der Waals surface area (Å²) in [4.78, 5) is 29.8. The quantitative estimate of drug-likeness (QED) is 0.167. The van der Waals surface area contributed by atoms with Crippen molar-refractivity contribution in [1.82, 2.24) is 13.9 Å². The fraction of sp³-hybridized carbons (Fsp3) is 0.286. The van der Waals surface area contributed by atoms with Gasteiger partial charge in [-0.3, -0.25) is 19.8 Å². The molecule has 41 heavy (non-hydrogen) atoms. The molecule has 1 fully saturated rings. The fourth-order valence-corrected chi connectivity index (χ4v) is 7.87. The first-order valence-electron chi connectivity index (χ1n) is 12.9.